The Labute approximate surface area is 173 Å². The van der Waals surface area contributed by atoms with E-state index >= 15 is 0 Å². The van der Waals surface area contributed by atoms with E-state index in [0.29, 0.717) is 23.5 Å². The van der Waals surface area contributed by atoms with Gasteiger partial charge < -0.3 is 25.6 Å². The number of fused-ring (bicyclic) bond motifs is 1. The molecule has 9 heteroatoms. The first-order chi connectivity index (χ1) is 14.3. The molecule has 1 atom stereocenters. The standard InChI is InChI=1S/C21H23N5O4/c1-25(17-6-4-3-5-16(17)22)11-21(19(28)23-20(29)24-21)12-26-10-13-7-8-14(30-2)9-15(13)18(26)27/h3-9H,10-12,22H2,1-2H3,(H2,23,24,28,29). The van der Waals surface area contributed by atoms with Gasteiger partial charge in [0.25, 0.3) is 11.8 Å². The van der Waals surface area contributed by atoms with Gasteiger partial charge >= 0.3 is 6.03 Å². The Hall–Kier alpha value is -3.75. The number of rotatable bonds is 6. The van der Waals surface area contributed by atoms with Gasteiger partial charge in [-0.1, -0.05) is 18.2 Å². The number of nitrogens with zero attached hydrogens (tertiary/aromatic N) is 2. The van der Waals surface area contributed by atoms with E-state index in [2.05, 4.69) is 10.6 Å². The molecule has 0 bridgehead atoms. The fourth-order valence-electron chi connectivity index (χ4n) is 4.05. The lowest BCUT2D eigenvalue weighted by molar-refractivity contribution is -0.124. The second kappa shape index (κ2) is 7.25. The van der Waals surface area contributed by atoms with E-state index in [4.69, 9.17) is 10.5 Å². The fourth-order valence-corrected chi connectivity index (χ4v) is 4.05. The van der Waals surface area contributed by atoms with Crippen LogP contribution in [0.5, 0.6) is 5.75 Å². The van der Waals surface area contributed by atoms with Crippen LogP contribution in [0.15, 0.2) is 42.5 Å². The summed E-state index contributed by atoms with van der Waals surface area (Å²) >= 11 is 0. The highest BCUT2D eigenvalue weighted by molar-refractivity contribution is 6.08. The Balaban J connectivity index is 1.61. The average Bonchev–Trinajstić information content (AvgIpc) is 3.17. The van der Waals surface area contributed by atoms with E-state index in [1.807, 2.05) is 24.3 Å². The summed E-state index contributed by atoms with van der Waals surface area (Å²) in [6.45, 7) is 0.514. The van der Waals surface area contributed by atoms with E-state index in [9.17, 15) is 14.4 Å². The number of para-hydroxylation sites is 2. The molecule has 2 heterocycles. The van der Waals surface area contributed by atoms with Crippen LogP contribution in [0.4, 0.5) is 16.2 Å². The monoisotopic (exact) mass is 409 g/mol. The molecule has 0 aromatic heterocycles. The predicted octanol–water partition coefficient (Wildman–Crippen LogP) is 0.948. The maximum Gasteiger partial charge on any atom is 0.322 e. The lowest BCUT2D eigenvalue weighted by atomic mass is 9.97. The van der Waals surface area contributed by atoms with Crippen LogP contribution in [0.2, 0.25) is 0 Å². The van der Waals surface area contributed by atoms with Crippen molar-refractivity contribution >= 4 is 29.2 Å². The Morgan fingerprint density at radius 1 is 1.20 bits per heavy atom. The fraction of sp³-hybridized carbons (Fsp3) is 0.286. The number of carbonyl (C=O) groups excluding carboxylic acids is 3. The van der Waals surface area contributed by atoms with E-state index in [1.165, 1.54) is 7.11 Å². The van der Waals surface area contributed by atoms with Crippen molar-refractivity contribution in [3.8, 4) is 5.75 Å². The molecule has 2 aliphatic rings. The number of carbonyl (C=O) groups is 3. The number of urea groups is 1. The Morgan fingerprint density at radius 3 is 2.63 bits per heavy atom. The number of nitrogen functional groups attached to an aromatic ring is 1. The summed E-state index contributed by atoms with van der Waals surface area (Å²) in [4.78, 5) is 41.2. The SMILES string of the molecule is COc1ccc2c(c1)C(=O)N(CC1(CN(C)c3ccccc3N)NC(=O)NC1=O)C2. The van der Waals surface area contributed by atoms with Crippen LogP contribution in [-0.2, 0) is 11.3 Å². The van der Waals surface area contributed by atoms with Gasteiger partial charge in [-0.05, 0) is 29.8 Å². The number of methoxy groups -OCH3 is 1. The number of imide groups is 1. The first-order valence-corrected chi connectivity index (χ1v) is 9.48. The van der Waals surface area contributed by atoms with Crippen LogP contribution >= 0.6 is 0 Å². The second-order valence-electron chi connectivity index (χ2n) is 7.59. The third kappa shape index (κ3) is 3.28. The third-order valence-electron chi connectivity index (χ3n) is 5.53. The molecule has 1 fully saturated rings. The minimum Gasteiger partial charge on any atom is -0.497 e. The zero-order valence-electron chi connectivity index (χ0n) is 16.8. The zero-order valence-corrected chi connectivity index (χ0v) is 16.8. The predicted molar refractivity (Wildman–Crippen MR) is 111 cm³/mol. The average molecular weight is 409 g/mol. The largest absolute Gasteiger partial charge is 0.497 e. The number of ether oxygens (including phenoxy) is 1. The molecule has 156 valence electrons. The molecule has 4 amide bonds. The summed E-state index contributed by atoms with van der Waals surface area (Å²) in [7, 11) is 3.33. The quantitative estimate of drug-likeness (QED) is 0.483. The van der Waals surface area contributed by atoms with Crippen LogP contribution in [-0.4, -0.2) is 55.5 Å². The van der Waals surface area contributed by atoms with Crippen molar-refractivity contribution in [3.05, 3.63) is 53.6 Å². The molecule has 9 nitrogen and oxygen atoms in total. The molecule has 0 saturated carbocycles. The summed E-state index contributed by atoms with van der Waals surface area (Å²) in [6.07, 6.45) is 0. The molecule has 2 aromatic rings. The third-order valence-corrected chi connectivity index (χ3v) is 5.53. The number of benzene rings is 2. The van der Waals surface area contributed by atoms with Gasteiger partial charge in [-0.15, -0.1) is 0 Å². The number of hydrogen-bond donors (Lipinski definition) is 3. The molecule has 4 N–H and O–H groups in total. The molecular weight excluding hydrogens is 386 g/mol. The van der Waals surface area contributed by atoms with Crippen LogP contribution < -0.4 is 26.0 Å². The van der Waals surface area contributed by atoms with Crippen LogP contribution in [0.25, 0.3) is 0 Å². The summed E-state index contributed by atoms with van der Waals surface area (Å²) in [5, 5.41) is 5.04. The zero-order chi connectivity index (χ0) is 21.5. The highest BCUT2D eigenvalue weighted by Gasteiger charge is 2.50. The molecule has 30 heavy (non-hydrogen) atoms. The van der Waals surface area contributed by atoms with Crippen molar-refractivity contribution in [2.75, 3.05) is 37.9 Å². The van der Waals surface area contributed by atoms with Gasteiger partial charge in [0.15, 0.2) is 5.54 Å². The van der Waals surface area contributed by atoms with Crippen molar-refractivity contribution in [2.45, 2.75) is 12.1 Å². The molecular formula is C21H23N5O4. The molecule has 0 spiro atoms. The van der Waals surface area contributed by atoms with Gasteiger partial charge in [-0.2, -0.15) is 0 Å². The van der Waals surface area contributed by atoms with E-state index < -0.39 is 17.5 Å². The molecule has 4 rings (SSSR count). The lowest BCUT2D eigenvalue weighted by Crippen LogP contribution is -2.61. The van der Waals surface area contributed by atoms with Crippen LogP contribution in [0, 0.1) is 0 Å². The van der Waals surface area contributed by atoms with E-state index in [-0.39, 0.29) is 19.0 Å². The molecule has 1 saturated heterocycles. The molecule has 0 radical (unpaired) electrons. The number of nitrogens with two attached hydrogens (primary N) is 1. The summed E-state index contributed by atoms with van der Waals surface area (Å²) in [5.41, 5.74) is 7.42. The normalized spacial score (nSPS) is 20.1. The first kappa shape index (κ1) is 19.6. The molecule has 2 aromatic carbocycles. The van der Waals surface area contributed by atoms with Crippen LogP contribution in [0.1, 0.15) is 15.9 Å². The lowest BCUT2D eigenvalue weighted by Gasteiger charge is -2.35. The Bertz CT molecular complexity index is 1040. The minimum atomic E-state index is -1.31. The van der Waals surface area contributed by atoms with Crippen molar-refractivity contribution < 1.29 is 19.1 Å². The van der Waals surface area contributed by atoms with Gasteiger partial charge in [0.1, 0.15) is 5.75 Å². The maximum absolute atomic E-state index is 13.0. The number of amides is 4. The van der Waals surface area contributed by atoms with E-state index in [0.717, 1.165) is 11.3 Å². The molecule has 0 aliphatic carbocycles. The van der Waals surface area contributed by atoms with E-state index in [1.54, 1.807) is 35.0 Å². The summed E-state index contributed by atoms with van der Waals surface area (Å²) < 4.78 is 5.21. The summed E-state index contributed by atoms with van der Waals surface area (Å²) in [5.74, 6) is -0.0980. The Morgan fingerprint density at radius 2 is 1.97 bits per heavy atom. The topological polar surface area (TPSA) is 117 Å². The smallest absolute Gasteiger partial charge is 0.322 e. The van der Waals surface area contributed by atoms with Crippen molar-refractivity contribution in [1.29, 1.82) is 0 Å². The van der Waals surface area contributed by atoms with Gasteiger partial charge in [0.05, 0.1) is 31.6 Å². The maximum atomic E-state index is 13.0. The van der Waals surface area contributed by atoms with Crippen molar-refractivity contribution in [1.82, 2.24) is 15.5 Å². The molecule has 2 aliphatic heterocycles. The number of likely N-dealkylation sites (N-methyl/N-ethyl adjacent to an activating group) is 1. The highest BCUT2D eigenvalue weighted by atomic mass is 16.5. The first-order valence-electron chi connectivity index (χ1n) is 9.48. The van der Waals surface area contributed by atoms with Gasteiger partial charge in [-0.3, -0.25) is 14.9 Å². The van der Waals surface area contributed by atoms with Gasteiger partial charge in [-0.25, -0.2) is 4.79 Å². The number of nitrogens with one attached hydrogen (secondary N) is 2. The minimum absolute atomic E-state index is 0.0253. The summed E-state index contributed by atoms with van der Waals surface area (Å²) in [6, 6.07) is 12.0. The van der Waals surface area contributed by atoms with Gasteiger partial charge in [0.2, 0.25) is 0 Å². The van der Waals surface area contributed by atoms with Gasteiger partial charge in [0, 0.05) is 19.2 Å². The highest BCUT2D eigenvalue weighted by Crippen LogP contribution is 2.30. The second-order valence-corrected chi connectivity index (χ2v) is 7.59. The molecule has 1 unspecified atom stereocenters. The van der Waals surface area contributed by atoms with Crippen molar-refractivity contribution in [2.24, 2.45) is 0 Å². The Kier molecular flexibility index (Phi) is 4.73. The number of anilines is 2. The van der Waals surface area contributed by atoms with Crippen LogP contribution in [0.3, 0.4) is 0 Å². The number of hydrogen-bond acceptors (Lipinski definition) is 6. The van der Waals surface area contributed by atoms with Crippen molar-refractivity contribution in [3.63, 3.8) is 0 Å².